The molecule has 1 atom stereocenters. The zero-order valence-corrected chi connectivity index (χ0v) is 14.3. The van der Waals surface area contributed by atoms with Crippen LogP contribution in [-0.4, -0.2) is 37.8 Å². The number of hydrogen-bond acceptors (Lipinski definition) is 6. The van der Waals surface area contributed by atoms with E-state index in [0.717, 1.165) is 23.5 Å². The summed E-state index contributed by atoms with van der Waals surface area (Å²) < 4.78 is 43.0. The summed E-state index contributed by atoms with van der Waals surface area (Å²) in [5.41, 5.74) is 1.47. The van der Waals surface area contributed by atoms with Crippen LogP contribution in [0.5, 0.6) is 11.5 Å². The van der Waals surface area contributed by atoms with Gasteiger partial charge in [0.1, 0.15) is 10.6 Å². The van der Waals surface area contributed by atoms with E-state index in [-0.39, 0.29) is 17.6 Å². The highest BCUT2D eigenvalue weighted by atomic mass is 32.2. The molecule has 2 aliphatic rings. The molecule has 0 amide bonds. The second-order valence-corrected chi connectivity index (χ2v) is 7.99. The van der Waals surface area contributed by atoms with E-state index >= 15 is 0 Å². The number of fused-ring (bicyclic) bond motifs is 1. The van der Waals surface area contributed by atoms with Gasteiger partial charge in [-0.3, -0.25) is 0 Å². The largest absolute Gasteiger partial charge is 0.454 e. The van der Waals surface area contributed by atoms with Crippen LogP contribution < -0.4 is 9.47 Å². The number of ether oxygens (including phenoxy) is 2. The van der Waals surface area contributed by atoms with Crippen LogP contribution in [0.2, 0.25) is 0 Å². The first-order chi connectivity index (χ1) is 11.5. The molecule has 2 aliphatic heterocycles. The van der Waals surface area contributed by atoms with Crippen molar-refractivity contribution >= 4 is 10.0 Å². The van der Waals surface area contributed by atoms with Crippen molar-refractivity contribution in [2.45, 2.75) is 31.1 Å². The van der Waals surface area contributed by atoms with Gasteiger partial charge < -0.3 is 14.0 Å². The van der Waals surface area contributed by atoms with Crippen LogP contribution in [0.15, 0.2) is 27.6 Å². The van der Waals surface area contributed by atoms with Crippen molar-refractivity contribution < 1.29 is 22.4 Å². The fourth-order valence-electron chi connectivity index (χ4n) is 3.36. The van der Waals surface area contributed by atoms with Gasteiger partial charge in [-0.15, -0.1) is 0 Å². The fraction of sp³-hybridized carbons (Fsp3) is 0.438. The van der Waals surface area contributed by atoms with Gasteiger partial charge in [0.25, 0.3) is 0 Å². The van der Waals surface area contributed by atoms with Crippen molar-refractivity contribution in [1.29, 1.82) is 0 Å². The lowest BCUT2D eigenvalue weighted by Crippen LogP contribution is -2.29. The van der Waals surface area contributed by atoms with E-state index in [4.69, 9.17) is 14.0 Å². The van der Waals surface area contributed by atoms with Crippen LogP contribution >= 0.6 is 0 Å². The fourth-order valence-corrected chi connectivity index (χ4v) is 5.15. The molecular formula is C16H18N2O5S. The normalized spacial score (nSPS) is 20.7. The number of aryl methyl sites for hydroxylation is 2. The number of sulfonamides is 1. The Morgan fingerprint density at radius 2 is 2.00 bits per heavy atom. The molecule has 1 aromatic heterocycles. The third kappa shape index (κ3) is 2.37. The predicted molar refractivity (Wildman–Crippen MR) is 84.7 cm³/mol. The minimum atomic E-state index is -3.59. The summed E-state index contributed by atoms with van der Waals surface area (Å²) >= 11 is 0. The minimum Gasteiger partial charge on any atom is -0.454 e. The number of aromatic nitrogens is 1. The monoisotopic (exact) mass is 350 g/mol. The smallest absolute Gasteiger partial charge is 0.248 e. The van der Waals surface area contributed by atoms with E-state index in [2.05, 4.69) is 5.16 Å². The van der Waals surface area contributed by atoms with E-state index in [1.54, 1.807) is 13.8 Å². The quantitative estimate of drug-likeness (QED) is 0.844. The van der Waals surface area contributed by atoms with E-state index in [9.17, 15) is 8.42 Å². The van der Waals surface area contributed by atoms with Crippen molar-refractivity contribution in [2.75, 3.05) is 19.9 Å². The predicted octanol–water partition coefficient (Wildman–Crippen LogP) is 2.20. The molecule has 1 saturated heterocycles. The topological polar surface area (TPSA) is 81.9 Å². The second-order valence-electron chi connectivity index (χ2n) is 6.11. The molecule has 1 aromatic carbocycles. The molecule has 128 valence electrons. The Balaban J connectivity index is 1.58. The molecule has 7 nitrogen and oxygen atoms in total. The van der Waals surface area contributed by atoms with Gasteiger partial charge in [-0.2, -0.15) is 4.31 Å². The van der Waals surface area contributed by atoms with Gasteiger partial charge >= 0.3 is 0 Å². The molecule has 1 unspecified atom stereocenters. The average Bonchev–Trinajstić information content (AvgIpc) is 3.26. The molecule has 0 radical (unpaired) electrons. The van der Waals surface area contributed by atoms with Gasteiger partial charge in [0.15, 0.2) is 17.3 Å². The van der Waals surface area contributed by atoms with Crippen LogP contribution in [0.3, 0.4) is 0 Å². The highest BCUT2D eigenvalue weighted by Crippen LogP contribution is 2.38. The molecule has 8 heteroatoms. The second kappa shape index (κ2) is 5.49. The molecule has 3 heterocycles. The molecule has 4 rings (SSSR count). The summed E-state index contributed by atoms with van der Waals surface area (Å²) in [5, 5.41) is 3.76. The van der Waals surface area contributed by atoms with Gasteiger partial charge in [0, 0.05) is 13.1 Å². The highest BCUT2D eigenvalue weighted by Gasteiger charge is 2.37. The lowest BCUT2D eigenvalue weighted by Gasteiger charge is -2.16. The van der Waals surface area contributed by atoms with Crippen LogP contribution in [0, 0.1) is 13.8 Å². The van der Waals surface area contributed by atoms with Crippen LogP contribution in [0.25, 0.3) is 0 Å². The highest BCUT2D eigenvalue weighted by molar-refractivity contribution is 7.89. The summed E-state index contributed by atoms with van der Waals surface area (Å²) in [6, 6.07) is 5.80. The average molecular weight is 350 g/mol. The summed E-state index contributed by atoms with van der Waals surface area (Å²) in [4.78, 5) is 0.189. The molecule has 1 fully saturated rings. The first-order valence-electron chi connectivity index (χ1n) is 7.79. The van der Waals surface area contributed by atoms with Crippen molar-refractivity contribution in [2.24, 2.45) is 0 Å². The Morgan fingerprint density at radius 1 is 1.21 bits per heavy atom. The molecule has 0 aliphatic carbocycles. The first-order valence-corrected chi connectivity index (χ1v) is 9.23. The van der Waals surface area contributed by atoms with Crippen LogP contribution in [0.1, 0.15) is 29.4 Å². The lowest BCUT2D eigenvalue weighted by atomic mass is 9.98. The van der Waals surface area contributed by atoms with Crippen molar-refractivity contribution in [3.63, 3.8) is 0 Å². The maximum absolute atomic E-state index is 12.9. The number of rotatable bonds is 3. The Bertz CT molecular complexity index is 870. The van der Waals surface area contributed by atoms with Gasteiger partial charge in [-0.05, 0) is 43.9 Å². The summed E-state index contributed by atoms with van der Waals surface area (Å²) in [5.74, 6) is 1.92. The summed E-state index contributed by atoms with van der Waals surface area (Å²) in [6.07, 6.45) is 0.766. The van der Waals surface area contributed by atoms with Crippen LogP contribution in [-0.2, 0) is 10.0 Å². The molecule has 0 spiro atoms. The van der Waals surface area contributed by atoms with E-state index < -0.39 is 10.0 Å². The zero-order chi connectivity index (χ0) is 16.9. The Labute approximate surface area is 140 Å². The van der Waals surface area contributed by atoms with E-state index in [1.807, 2.05) is 18.2 Å². The number of nitrogens with zero attached hydrogens (tertiary/aromatic N) is 2. The summed E-state index contributed by atoms with van der Waals surface area (Å²) in [7, 11) is -3.59. The van der Waals surface area contributed by atoms with Gasteiger partial charge in [-0.25, -0.2) is 8.42 Å². The Morgan fingerprint density at radius 3 is 2.75 bits per heavy atom. The van der Waals surface area contributed by atoms with Crippen molar-refractivity contribution in [1.82, 2.24) is 9.46 Å². The molecule has 24 heavy (non-hydrogen) atoms. The standard InChI is InChI=1S/C16H18N2O5S/c1-10-16(11(2)23-17-10)24(19,20)18-6-5-13(8-18)12-3-4-14-15(7-12)22-9-21-14/h3-4,7,13H,5-6,8-9H2,1-2H3. The van der Waals surface area contributed by atoms with Crippen molar-refractivity contribution in [3.8, 4) is 11.5 Å². The van der Waals surface area contributed by atoms with E-state index in [1.165, 1.54) is 4.31 Å². The van der Waals surface area contributed by atoms with Gasteiger partial charge in [-0.1, -0.05) is 11.2 Å². The third-order valence-corrected chi connectivity index (χ3v) is 6.70. The minimum absolute atomic E-state index is 0.134. The van der Waals surface area contributed by atoms with Crippen molar-refractivity contribution in [3.05, 3.63) is 35.2 Å². The van der Waals surface area contributed by atoms with Gasteiger partial charge in [0.2, 0.25) is 16.8 Å². The Hall–Kier alpha value is -2.06. The SMILES string of the molecule is Cc1noc(C)c1S(=O)(=O)N1CCC(c2ccc3c(c2)OCO3)C1. The maximum atomic E-state index is 12.9. The van der Waals surface area contributed by atoms with Crippen LogP contribution in [0.4, 0.5) is 0 Å². The summed E-state index contributed by atoms with van der Waals surface area (Å²) in [6.45, 7) is 4.42. The lowest BCUT2D eigenvalue weighted by molar-refractivity contribution is 0.174. The Kier molecular flexibility index (Phi) is 3.54. The number of hydrogen-bond donors (Lipinski definition) is 0. The third-order valence-electron chi connectivity index (χ3n) is 4.58. The van der Waals surface area contributed by atoms with E-state index in [0.29, 0.717) is 24.5 Å². The first kappa shape index (κ1) is 15.5. The molecule has 0 N–H and O–H groups in total. The van der Waals surface area contributed by atoms with Gasteiger partial charge in [0.05, 0.1) is 0 Å². The molecule has 0 saturated carbocycles. The number of benzene rings is 1. The maximum Gasteiger partial charge on any atom is 0.248 e. The molecule has 0 bridgehead atoms. The molecular weight excluding hydrogens is 332 g/mol. The zero-order valence-electron chi connectivity index (χ0n) is 13.5. The molecule has 2 aromatic rings.